The maximum absolute atomic E-state index is 3.58. The van der Waals surface area contributed by atoms with Gasteiger partial charge in [0.05, 0.1) is 0 Å². The summed E-state index contributed by atoms with van der Waals surface area (Å²) < 4.78 is 0. The average Bonchev–Trinajstić information content (AvgIpc) is 3.29. The summed E-state index contributed by atoms with van der Waals surface area (Å²) in [6, 6.07) is 9.81. The van der Waals surface area contributed by atoms with E-state index in [4.69, 9.17) is 0 Å². The first-order valence-electron chi connectivity index (χ1n) is 8.72. The molecule has 0 radical (unpaired) electrons. The van der Waals surface area contributed by atoms with Crippen LogP contribution >= 0.6 is 0 Å². The first-order chi connectivity index (χ1) is 10.2. The van der Waals surface area contributed by atoms with Gasteiger partial charge >= 0.3 is 0 Å². The molecule has 1 fully saturated rings. The van der Waals surface area contributed by atoms with Gasteiger partial charge in [-0.05, 0) is 49.4 Å². The molecule has 1 aromatic rings. The lowest BCUT2D eigenvalue weighted by Gasteiger charge is -2.23. The highest BCUT2D eigenvalue weighted by Crippen LogP contribution is 2.29. The van der Waals surface area contributed by atoms with Crippen LogP contribution in [0.15, 0.2) is 24.3 Å². The molecule has 0 bridgehead atoms. The Kier molecular flexibility index (Phi) is 6.72. The van der Waals surface area contributed by atoms with Crippen molar-refractivity contribution in [3.8, 4) is 0 Å². The van der Waals surface area contributed by atoms with E-state index in [0.29, 0.717) is 5.92 Å². The first-order valence-corrected chi connectivity index (χ1v) is 8.72. The van der Waals surface area contributed by atoms with Gasteiger partial charge in [-0.25, -0.2) is 0 Å². The Hall–Kier alpha value is -0.860. The van der Waals surface area contributed by atoms with Crippen LogP contribution in [0.2, 0.25) is 0 Å². The van der Waals surface area contributed by atoms with Crippen LogP contribution in [-0.4, -0.2) is 24.0 Å². The van der Waals surface area contributed by atoms with Gasteiger partial charge in [0.15, 0.2) is 0 Å². The Morgan fingerprint density at radius 2 is 1.90 bits per heavy atom. The van der Waals surface area contributed by atoms with Crippen molar-refractivity contribution < 1.29 is 0 Å². The molecule has 118 valence electrons. The minimum Gasteiger partial charge on any atom is -0.312 e. The van der Waals surface area contributed by atoms with Crippen molar-refractivity contribution in [3.63, 3.8) is 0 Å². The third-order valence-electron chi connectivity index (χ3n) is 4.22. The van der Waals surface area contributed by atoms with E-state index in [-0.39, 0.29) is 0 Å². The van der Waals surface area contributed by atoms with Crippen LogP contribution in [0.5, 0.6) is 0 Å². The number of unbranched alkanes of at least 4 members (excludes halogenated alkanes) is 1. The lowest BCUT2D eigenvalue weighted by Crippen LogP contribution is -2.28. The zero-order valence-corrected chi connectivity index (χ0v) is 14.1. The standard InChI is InChI=1S/C19H32N2/c1-4-5-12-21(19-10-11-19)15-18-9-7-6-8-17(18)14-20-13-16(2)3/h6-9,16,19-20H,4-5,10-15H2,1-3H3. The second kappa shape index (κ2) is 8.55. The van der Waals surface area contributed by atoms with Gasteiger partial charge in [-0.1, -0.05) is 51.5 Å². The molecule has 1 saturated carbocycles. The number of benzene rings is 1. The summed E-state index contributed by atoms with van der Waals surface area (Å²) in [7, 11) is 0. The minimum absolute atomic E-state index is 0.713. The Bertz CT molecular complexity index is 410. The van der Waals surface area contributed by atoms with Gasteiger partial charge in [0.2, 0.25) is 0 Å². The summed E-state index contributed by atoms with van der Waals surface area (Å²) in [5, 5.41) is 3.58. The highest BCUT2D eigenvalue weighted by atomic mass is 15.2. The molecule has 2 nitrogen and oxygen atoms in total. The van der Waals surface area contributed by atoms with Crippen molar-refractivity contribution in [3.05, 3.63) is 35.4 Å². The monoisotopic (exact) mass is 288 g/mol. The van der Waals surface area contributed by atoms with Crippen molar-refractivity contribution in [1.29, 1.82) is 0 Å². The summed E-state index contributed by atoms with van der Waals surface area (Å²) in [6.45, 7) is 11.3. The number of hydrogen-bond acceptors (Lipinski definition) is 2. The molecule has 2 rings (SSSR count). The molecule has 0 aromatic heterocycles. The summed E-state index contributed by atoms with van der Waals surface area (Å²) in [4.78, 5) is 2.70. The van der Waals surface area contributed by atoms with Gasteiger partial charge in [-0.3, -0.25) is 4.90 Å². The summed E-state index contributed by atoms with van der Waals surface area (Å²) in [5.74, 6) is 0.713. The highest BCUT2D eigenvalue weighted by Gasteiger charge is 2.28. The molecule has 0 amide bonds. The topological polar surface area (TPSA) is 15.3 Å². The van der Waals surface area contributed by atoms with Gasteiger partial charge in [0, 0.05) is 19.1 Å². The normalized spacial score (nSPS) is 15.1. The Balaban J connectivity index is 1.94. The van der Waals surface area contributed by atoms with E-state index in [1.54, 1.807) is 0 Å². The van der Waals surface area contributed by atoms with Crippen LogP contribution in [0.25, 0.3) is 0 Å². The van der Waals surface area contributed by atoms with Crippen LogP contribution < -0.4 is 5.32 Å². The predicted octanol–water partition coefficient (Wildman–Crippen LogP) is 4.20. The number of hydrogen-bond donors (Lipinski definition) is 1. The highest BCUT2D eigenvalue weighted by molar-refractivity contribution is 5.27. The Morgan fingerprint density at radius 1 is 1.19 bits per heavy atom. The van der Waals surface area contributed by atoms with Gasteiger partial charge in [0.1, 0.15) is 0 Å². The molecule has 0 heterocycles. The molecule has 21 heavy (non-hydrogen) atoms. The van der Waals surface area contributed by atoms with Gasteiger partial charge in [-0.15, -0.1) is 0 Å². The summed E-state index contributed by atoms with van der Waals surface area (Å²) in [5.41, 5.74) is 2.98. The second-order valence-electron chi connectivity index (χ2n) is 6.85. The predicted molar refractivity (Wildman–Crippen MR) is 91.3 cm³/mol. The third kappa shape index (κ3) is 5.80. The zero-order chi connectivity index (χ0) is 15.1. The molecule has 0 atom stereocenters. The molecule has 1 aliphatic carbocycles. The maximum Gasteiger partial charge on any atom is 0.0239 e. The van der Waals surface area contributed by atoms with E-state index in [1.807, 2.05) is 0 Å². The lowest BCUT2D eigenvalue weighted by molar-refractivity contribution is 0.250. The largest absolute Gasteiger partial charge is 0.312 e. The van der Waals surface area contributed by atoms with Crippen LogP contribution in [0.1, 0.15) is 57.6 Å². The molecule has 1 aromatic carbocycles. The van der Waals surface area contributed by atoms with E-state index in [9.17, 15) is 0 Å². The molecule has 0 unspecified atom stereocenters. The molecule has 0 saturated heterocycles. The van der Waals surface area contributed by atoms with Crippen LogP contribution in [-0.2, 0) is 13.1 Å². The maximum atomic E-state index is 3.58. The Morgan fingerprint density at radius 3 is 2.52 bits per heavy atom. The fourth-order valence-electron chi connectivity index (χ4n) is 2.79. The molecule has 0 spiro atoms. The van der Waals surface area contributed by atoms with Gasteiger partial charge < -0.3 is 5.32 Å². The minimum atomic E-state index is 0.713. The van der Waals surface area contributed by atoms with Crippen molar-refractivity contribution >= 4 is 0 Å². The second-order valence-corrected chi connectivity index (χ2v) is 6.85. The Labute approximate surface area is 130 Å². The zero-order valence-electron chi connectivity index (χ0n) is 14.1. The van der Waals surface area contributed by atoms with Crippen LogP contribution in [0.3, 0.4) is 0 Å². The van der Waals surface area contributed by atoms with Crippen molar-refractivity contribution in [1.82, 2.24) is 10.2 Å². The average molecular weight is 288 g/mol. The molecular weight excluding hydrogens is 256 g/mol. The van der Waals surface area contributed by atoms with Crippen molar-refractivity contribution in [2.75, 3.05) is 13.1 Å². The quantitative estimate of drug-likeness (QED) is 0.694. The fraction of sp³-hybridized carbons (Fsp3) is 0.684. The van der Waals surface area contributed by atoms with E-state index in [2.05, 4.69) is 55.3 Å². The molecule has 0 aliphatic heterocycles. The lowest BCUT2D eigenvalue weighted by atomic mass is 10.1. The number of nitrogens with zero attached hydrogens (tertiary/aromatic N) is 1. The van der Waals surface area contributed by atoms with Crippen molar-refractivity contribution in [2.24, 2.45) is 5.92 Å². The molecular formula is C19H32N2. The van der Waals surface area contributed by atoms with E-state index >= 15 is 0 Å². The van der Waals surface area contributed by atoms with Crippen molar-refractivity contribution in [2.45, 2.75) is 65.6 Å². The van der Waals surface area contributed by atoms with E-state index in [0.717, 1.165) is 25.7 Å². The van der Waals surface area contributed by atoms with Crippen LogP contribution in [0.4, 0.5) is 0 Å². The smallest absolute Gasteiger partial charge is 0.0239 e. The first kappa shape index (κ1) is 16.5. The fourth-order valence-corrected chi connectivity index (χ4v) is 2.79. The van der Waals surface area contributed by atoms with E-state index in [1.165, 1.54) is 43.4 Å². The number of rotatable bonds is 10. The van der Waals surface area contributed by atoms with Crippen LogP contribution in [0, 0.1) is 5.92 Å². The number of nitrogens with one attached hydrogen (secondary N) is 1. The molecule has 2 heteroatoms. The SMILES string of the molecule is CCCCN(Cc1ccccc1CNCC(C)C)C1CC1. The third-order valence-corrected chi connectivity index (χ3v) is 4.22. The molecule has 1 aliphatic rings. The molecule has 1 N–H and O–H groups in total. The van der Waals surface area contributed by atoms with E-state index < -0.39 is 0 Å². The summed E-state index contributed by atoms with van der Waals surface area (Å²) in [6.07, 6.45) is 5.42. The summed E-state index contributed by atoms with van der Waals surface area (Å²) >= 11 is 0. The van der Waals surface area contributed by atoms with Gasteiger partial charge in [-0.2, -0.15) is 0 Å². The van der Waals surface area contributed by atoms with Gasteiger partial charge in [0.25, 0.3) is 0 Å².